The van der Waals surface area contributed by atoms with Crippen LogP contribution in [0.15, 0.2) is 60.3 Å². The van der Waals surface area contributed by atoms with Crippen LogP contribution in [0.5, 0.6) is 0 Å². The molecule has 2 aromatic rings. The number of ether oxygens (including phenoxy) is 1. The van der Waals surface area contributed by atoms with Gasteiger partial charge in [0.25, 0.3) is 5.91 Å². The lowest BCUT2D eigenvalue weighted by atomic mass is 10.1. The van der Waals surface area contributed by atoms with Crippen molar-refractivity contribution < 1.29 is 14.3 Å². The molecular formula is C20H20INO3. The number of hydrogen-bond acceptors (Lipinski definition) is 3. The van der Waals surface area contributed by atoms with E-state index in [9.17, 15) is 9.59 Å². The first-order valence-electron chi connectivity index (χ1n) is 7.97. The third-order valence-electron chi connectivity index (χ3n) is 3.24. The van der Waals surface area contributed by atoms with E-state index < -0.39 is 5.97 Å². The Morgan fingerprint density at radius 1 is 1.08 bits per heavy atom. The van der Waals surface area contributed by atoms with Gasteiger partial charge in [0.2, 0.25) is 0 Å². The fourth-order valence-electron chi connectivity index (χ4n) is 2.02. The Morgan fingerprint density at radius 3 is 2.36 bits per heavy atom. The molecule has 5 heteroatoms. The van der Waals surface area contributed by atoms with Crippen molar-refractivity contribution in [2.24, 2.45) is 5.92 Å². The molecule has 1 N–H and O–H groups in total. The van der Waals surface area contributed by atoms with E-state index in [4.69, 9.17) is 4.74 Å². The van der Waals surface area contributed by atoms with Gasteiger partial charge in [-0.15, -0.1) is 0 Å². The fraction of sp³-hybridized carbons (Fsp3) is 0.200. The van der Waals surface area contributed by atoms with Crippen molar-refractivity contribution in [3.8, 4) is 0 Å². The Bertz CT molecular complexity index is 770. The number of carbonyl (C=O) groups excluding carboxylic acids is 2. The quantitative estimate of drug-likeness (QED) is 0.408. The van der Waals surface area contributed by atoms with Crippen LogP contribution in [0.3, 0.4) is 0 Å². The summed E-state index contributed by atoms with van der Waals surface area (Å²) in [5.41, 5.74) is 1.44. The second-order valence-electron chi connectivity index (χ2n) is 5.89. The number of halogens is 1. The van der Waals surface area contributed by atoms with Crippen LogP contribution in [0.2, 0.25) is 0 Å². The van der Waals surface area contributed by atoms with E-state index in [1.165, 1.54) is 0 Å². The highest BCUT2D eigenvalue weighted by atomic mass is 127. The van der Waals surface area contributed by atoms with Crippen LogP contribution in [0.1, 0.15) is 29.8 Å². The van der Waals surface area contributed by atoms with Crippen LogP contribution in [-0.4, -0.2) is 18.5 Å². The molecule has 0 saturated carbocycles. The van der Waals surface area contributed by atoms with Crippen LogP contribution >= 0.6 is 22.6 Å². The predicted molar refractivity (Wildman–Crippen MR) is 107 cm³/mol. The number of carbonyl (C=O) groups is 2. The molecule has 0 saturated heterocycles. The minimum absolute atomic E-state index is 0.122. The topological polar surface area (TPSA) is 55.4 Å². The molecule has 0 spiro atoms. The molecule has 0 atom stereocenters. The smallest absolute Gasteiger partial charge is 0.354 e. The maximum atomic E-state index is 12.5. The van der Waals surface area contributed by atoms with E-state index >= 15 is 0 Å². The van der Waals surface area contributed by atoms with Gasteiger partial charge in [0.05, 0.1) is 12.2 Å². The summed E-state index contributed by atoms with van der Waals surface area (Å²) in [5.74, 6) is -0.668. The summed E-state index contributed by atoms with van der Waals surface area (Å²) in [6.07, 6.45) is 1.62. The van der Waals surface area contributed by atoms with Gasteiger partial charge >= 0.3 is 5.97 Å². The Morgan fingerprint density at radius 2 is 1.72 bits per heavy atom. The van der Waals surface area contributed by atoms with E-state index in [0.717, 1.165) is 9.13 Å². The summed E-state index contributed by atoms with van der Waals surface area (Å²) in [6, 6.07) is 16.5. The van der Waals surface area contributed by atoms with Gasteiger partial charge in [-0.25, -0.2) is 4.79 Å². The molecule has 2 rings (SSSR count). The summed E-state index contributed by atoms with van der Waals surface area (Å²) in [4.78, 5) is 24.9. The highest BCUT2D eigenvalue weighted by molar-refractivity contribution is 14.1. The van der Waals surface area contributed by atoms with E-state index in [2.05, 4.69) is 27.9 Å². The molecule has 0 aliphatic heterocycles. The maximum Gasteiger partial charge on any atom is 0.354 e. The SMILES string of the molecule is CC(C)COC(=O)/C(=C\c1ccccc1)NC(=O)c1ccccc1I. The lowest BCUT2D eigenvalue weighted by Gasteiger charge is -2.12. The maximum absolute atomic E-state index is 12.5. The minimum atomic E-state index is -0.545. The molecule has 0 unspecified atom stereocenters. The van der Waals surface area contributed by atoms with Gasteiger partial charge in [0, 0.05) is 3.57 Å². The van der Waals surface area contributed by atoms with Crippen molar-refractivity contribution in [2.75, 3.05) is 6.61 Å². The second kappa shape index (κ2) is 9.36. The van der Waals surface area contributed by atoms with E-state index in [0.29, 0.717) is 12.2 Å². The zero-order valence-corrected chi connectivity index (χ0v) is 16.3. The number of hydrogen-bond donors (Lipinski definition) is 1. The zero-order chi connectivity index (χ0) is 18.2. The molecule has 2 aromatic carbocycles. The summed E-state index contributed by atoms with van der Waals surface area (Å²) >= 11 is 2.09. The molecule has 0 aliphatic carbocycles. The van der Waals surface area contributed by atoms with Crippen LogP contribution in [0.25, 0.3) is 6.08 Å². The molecule has 0 aliphatic rings. The van der Waals surface area contributed by atoms with Crippen LogP contribution < -0.4 is 5.32 Å². The van der Waals surface area contributed by atoms with Crippen molar-refractivity contribution >= 4 is 40.5 Å². The van der Waals surface area contributed by atoms with Crippen LogP contribution in [0, 0.1) is 9.49 Å². The second-order valence-corrected chi connectivity index (χ2v) is 7.06. The summed E-state index contributed by atoms with van der Waals surface area (Å²) < 4.78 is 6.09. The Labute approximate surface area is 161 Å². The minimum Gasteiger partial charge on any atom is -0.461 e. The van der Waals surface area contributed by atoms with Gasteiger partial charge in [-0.05, 0) is 52.3 Å². The van der Waals surface area contributed by atoms with Gasteiger partial charge in [0.1, 0.15) is 5.70 Å². The van der Waals surface area contributed by atoms with Gasteiger partial charge in [-0.3, -0.25) is 4.79 Å². The van der Waals surface area contributed by atoms with Crippen molar-refractivity contribution in [2.45, 2.75) is 13.8 Å². The first-order valence-corrected chi connectivity index (χ1v) is 9.05. The normalized spacial score (nSPS) is 11.3. The molecule has 0 fully saturated rings. The monoisotopic (exact) mass is 449 g/mol. The standard InChI is InChI=1S/C20H20INO3/c1-14(2)13-25-20(24)18(12-15-8-4-3-5-9-15)22-19(23)16-10-6-7-11-17(16)21/h3-12,14H,13H2,1-2H3,(H,22,23)/b18-12+. The molecule has 130 valence electrons. The van der Waals surface area contributed by atoms with E-state index in [1.807, 2.05) is 56.3 Å². The number of benzene rings is 2. The molecule has 0 radical (unpaired) electrons. The van der Waals surface area contributed by atoms with E-state index in [1.54, 1.807) is 18.2 Å². The predicted octanol–water partition coefficient (Wildman–Crippen LogP) is 4.26. The number of esters is 1. The molecule has 4 nitrogen and oxygen atoms in total. The van der Waals surface area contributed by atoms with Crippen molar-refractivity contribution in [3.63, 3.8) is 0 Å². The molecule has 0 aromatic heterocycles. The molecule has 0 bridgehead atoms. The number of rotatable bonds is 6. The summed E-state index contributed by atoms with van der Waals surface area (Å²) in [5, 5.41) is 2.69. The Kier molecular flexibility index (Phi) is 7.18. The first kappa shape index (κ1) is 19.2. The molecule has 1 amide bonds. The van der Waals surface area contributed by atoms with Crippen molar-refractivity contribution in [1.29, 1.82) is 0 Å². The van der Waals surface area contributed by atoms with Gasteiger partial charge in [-0.2, -0.15) is 0 Å². The average Bonchev–Trinajstić information content (AvgIpc) is 2.60. The Hall–Kier alpha value is -2.15. The summed E-state index contributed by atoms with van der Waals surface area (Å²) in [6.45, 7) is 4.21. The van der Waals surface area contributed by atoms with Crippen molar-refractivity contribution in [3.05, 3.63) is 75.0 Å². The fourth-order valence-corrected chi connectivity index (χ4v) is 2.65. The van der Waals surface area contributed by atoms with Crippen molar-refractivity contribution in [1.82, 2.24) is 5.32 Å². The zero-order valence-electron chi connectivity index (χ0n) is 14.2. The number of nitrogens with one attached hydrogen (secondary N) is 1. The summed E-state index contributed by atoms with van der Waals surface area (Å²) in [7, 11) is 0. The largest absolute Gasteiger partial charge is 0.461 e. The van der Waals surface area contributed by atoms with Crippen LogP contribution in [0.4, 0.5) is 0 Å². The Balaban J connectivity index is 2.25. The van der Waals surface area contributed by atoms with Crippen LogP contribution in [-0.2, 0) is 9.53 Å². The third-order valence-corrected chi connectivity index (χ3v) is 4.19. The average molecular weight is 449 g/mol. The van der Waals surface area contributed by atoms with Gasteiger partial charge in [-0.1, -0.05) is 56.3 Å². The number of amides is 1. The highest BCUT2D eigenvalue weighted by Crippen LogP contribution is 2.13. The lowest BCUT2D eigenvalue weighted by Crippen LogP contribution is -2.29. The first-order chi connectivity index (χ1) is 12.0. The highest BCUT2D eigenvalue weighted by Gasteiger charge is 2.17. The van der Waals surface area contributed by atoms with Gasteiger partial charge < -0.3 is 10.1 Å². The lowest BCUT2D eigenvalue weighted by molar-refractivity contribution is -0.140. The van der Waals surface area contributed by atoms with Gasteiger partial charge in [0.15, 0.2) is 0 Å². The van der Waals surface area contributed by atoms with E-state index in [-0.39, 0.29) is 17.5 Å². The molecular weight excluding hydrogens is 429 g/mol. The molecule has 25 heavy (non-hydrogen) atoms. The third kappa shape index (κ3) is 6.01. The molecule has 0 heterocycles.